The molecule has 1 N–H and O–H groups in total. The molecule has 5 nitrogen and oxygen atoms in total. The second kappa shape index (κ2) is 6.56. The van der Waals surface area contributed by atoms with E-state index in [1.54, 1.807) is 12.1 Å². The van der Waals surface area contributed by atoms with Crippen molar-refractivity contribution >= 4 is 23.2 Å². The molecule has 0 radical (unpaired) electrons. The molecule has 0 atom stereocenters. The fourth-order valence-corrected chi connectivity index (χ4v) is 3.44. The first-order chi connectivity index (χ1) is 11.5. The Labute approximate surface area is 140 Å². The Balaban J connectivity index is 1.82. The summed E-state index contributed by atoms with van der Waals surface area (Å²) in [6.45, 7) is -2.32. The van der Waals surface area contributed by atoms with Crippen LogP contribution in [0.3, 0.4) is 0 Å². The predicted octanol–water partition coefficient (Wildman–Crippen LogP) is 3.25. The molecule has 0 saturated heterocycles. The molecule has 2 aromatic rings. The maximum atomic E-state index is 12.6. The molecule has 1 aliphatic heterocycles. The first-order valence-electron chi connectivity index (χ1n) is 7.12. The van der Waals surface area contributed by atoms with Crippen molar-refractivity contribution in [1.29, 1.82) is 0 Å². The number of benzene rings is 1. The number of nitrogens with zero attached hydrogens (tertiary/aromatic N) is 1. The van der Waals surface area contributed by atoms with Crippen LogP contribution in [-0.4, -0.2) is 35.0 Å². The van der Waals surface area contributed by atoms with E-state index < -0.39 is 18.5 Å². The van der Waals surface area contributed by atoms with Gasteiger partial charge in [-0.3, -0.25) is 4.79 Å². The van der Waals surface area contributed by atoms with Gasteiger partial charge in [0.2, 0.25) is 0 Å². The molecule has 0 unspecified atom stereocenters. The highest BCUT2D eigenvalue weighted by Crippen LogP contribution is 2.30. The van der Waals surface area contributed by atoms with Gasteiger partial charge in [0.25, 0.3) is 5.91 Å². The van der Waals surface area contributed by atoms with Gasteiger partial charge in [0.1, 0.15) is 10.6 Å². The highest BCUT2D eigenvalue weighted by molar-refractivity contribution is 7.12. The summed E-state index contributed by atoms with van der Waals surface area (Å²) >= 11 is 1.04. The van der Waals surface area contributed by atoms with E-state index in [1.807, 2.05) is 0 Å². The Kier molecular flexibility index (Phi) is 4.48. The van der Waals surface area contributed by atoms with Gasteiger partial charge in [-0.05, 0) is 41.1 Å². The largest absolute Gasteiger partial charge is 0.478 e. The van der Waals surface area contributed by atoms with Gasteiger partial charge in [-0.2, -0.15) is 8.78 Å². The van der Waals surface area contributed by atoms with Gasteiger partial charge in [-0.15, -0.1) is 11.3 Å². The molecule has 1 aliphatic rings. The van der Waals surface area contributed by atoms with Crippen LogP contribution < -0.4 is 4.74 Å². The molecule has 1 amide bonds. The first-order valence-corrected chi connectivity index (χ1v) is 8.00. The number of aromatic carboxylic acids is 1. The van der Waals surface area contributed by atoms with Crippen LogP contribution in [0, 0.1) is 0 Å². The smallest absolute Gasteiger partial charge is 0.387 e. The molecular weight excluding hydrogens is 340 g/mol. The maximum Gasteiger partial charge on any atom is 0.387 e. The summed E-state index contributed by atoms with van der Waals surface area (Å²) in [7, 11) is 0. The average Bonchev–Trinajstić information content (AvgIpc) is 3.00. The summed E-state index contributed by atoms with van der Waals surface area (Å²) in [5, 5.41) is 10.6. The van der Waals surface area contributed by atoms with Crippen LogP contribution in [0.4, 0.5) is 8.78 Å². The molecule has 2 heterocycles. The number of carboxylic acids is 1. The van der Waals surface area contributed by atoms with Crippen LogP contribution in [0.15, 0.2) is 29.6 Å². The molecular formula is C16H13F2NO4S. The number of ether oxygens (including phenoxy) is 1. The molecule has 8 heteroatoms. The SMILES string of the molecule is O=C(O)c1ccc2c(c1)CN(C(=O)c1sccc1OC(F)F)CC2. The van der Waals surface area contributed by atoms with Gasteiger partial charge >= 0.3 is 12.6 Å². The van der Waals surface area contributed by atoms with Crippen molar-refractivity contribution < 1.29 is 28.2 Å². The van der Waals surface area contributed by atoms with Crippen LogP contribution in [0.2, 0.25) is 0 Å². The zero-order valence-corrected chi connectivity index (χ0v) is 13.2. The second-order valence-electron chi connectivity index (χ2n) is 5.26. The fraction of sp³-hybridized carbons (Fsp3) is 0.250. The zero-order chi connectivity index (χ0) is 17.3. The lowest BCUT2D eigenvalue weighted by atomic mass is 9.97. The number of hydrogen-bond donors (Lipinski definition) is 1. The minimum Gasteiger partial charge on any atom is -0.478 e. The standard InChI is InChI=1S/C16H13F2NO4S/c17-16(18)23-12-4-6-24-13(12)14(20)19-5-3-9-1-2-10(15(21)22)7-11(9)8-19/h1-2,4,6-7,16H,3,5,8H2,(H,21,22). The van der Waals surface area contributed by atoms with E-state index in [0.717, 1.165) is 22.5 Å². The zero-order valence-electron chi connectivity index (χ0n) is 12.4. The monoisotopic (exact) mass is 353 g/mol. The van der Waals surface area contributed by atoms with Gasteiger partial charge in [0.05, 0.1) is 5.56 Å². The third-order valence-electron chi connectivity index (χ3n) is 3.79. The Morgan fingerprint density at radius 2 is 2.04 bits per heavy atom. The molecule has 1 aromatic heterocycles. The minimum atomic E-state index is -2.99. The summed E-state index contributed by atoms with van der Waals surface area (Å²) in [6.07, 6.45) is 0.581. The highest BCUT2D eigenvalue weighted by atomic mass is 32.1. The number of carbonyl (C=O) groups excluding carboxylic acids is 1. The van der Waals surface area contributed by atoms with Crippen molar-refractivity contribution in [3.05, 3.63) is 51.2 Å². The van der Waals surface area contributed by atoms with Crippen LogP contribution in [0.5, 0.6) is 5.75 Å². The Bertz CT molecular complexity index is 790. The van der Waals surface area contributed by atoms with Crippen LogP contribution >= 0.6 is 11.3 Å². The fourth-order valence-electron chi connectivity index (χ4n) is 2.65. The first kappa shape index (κ1) is 16.4. The van der Waals surface area contributed by atoms with E-state index >= 15 is 0 Å². The van der Waals surface area contributed by atoms with E-state index in [2.05, 4.69) is 4.74 Å². The number of carboxylic acid groups (broad SMARTS) is 1. The Hall–Kier alpha value is -2.48. The molecule has 24 heavy (non-hydrogen) atoms. The summed E-state index contributed by atoms with van der Waals surface area (Å²) in [5.74, 6) is -1.57. The Morgan fingerprint density at radius 3 is 2.75 bits per heavy atom. The van der Waals surface area contributed by atoms with E-state index in [9.17, 15) is 18.4 Å². The van der Waals surface area contributed by atoms with Gasteiger partial charge in [-0.1, -0.05) is 6.07 Å². The summed E-state index contributed by atoms with van der Waals surface area (Å²) < 4.78 is 29.2. The van der Waals surface area contributed by atoms with Crippen LogP contribution in [0.1, 0.15) is 31.2 Å². The average molecular weight is 353 g/mol. The number of hydrogen-bond acceptors (Lipinski definition) is 4. The number of halogens is 2. The number of rotatable bonds is 4. The molecule has 3 rings (SSSR count). The topological polar surface area (TPSA) is 66.8 Å². The molecule has 1 aromatic carbocycles. The number of fused-ring (bicyclic) bond motifs is 1. The number of alkyl halides is 2. The maximum absolute atomic E-state index is 12.6. The van der Waals surface area contributed by atoms with Crippen molar-refractivity contribution in [2.45, 2.75) is 19.6 Å². The second-order valence-corrected chi connectivity index (χ2v) is 6.17. The van der Waals surface area contributed by atoms with E-state index in [1.165, 1.54) is 22.4 Å². The van der Waals surface area contributed by atoms with Gasteiger partial charge in [-0.25, -0.2) is 4.79 Å². The van der Waals surface area contributed by atoms with Crippen molar-refractivity contribution in [2.24, 2.45) is 0 Å². The quantitative estimate of drug-likeness (QED) is 0.916. The lowest BCUT2D eigenvalue weighted by Gasteiger charge is -2.29. The molecule has 0 bridgehead atoms. The van der Waals surface area contributed by atoms with Crippen molar-refractivity contribution in [2.75, 3.05) is 6.54 Å². The predicted molar refractivity (Wildman–Crippen MR) is 82.8 cm³/mol. The Morgan fingerprint density at radius 1 is 1.25 bits per heavy atom. The van der Waals surface area contributed by atoms with Crippen molar-refractivity contribution in [3.63, 3.8) is 0 Å². The molecule has 0 fully saturated rings. The number of thiophene rings is 1. The number of carbonyl (C=O) groups is 2. The van der Waals surface area contributed by atoms with Gasteiger partial charge in [0, 0.05) is 13.1 Å². The molecule has 0 spiro atoms. The van der Waals surface area contributed by atoms with E-state index in [4.69, 9.17) is 5.11 Å². The third kappa shape index (κ3) is 3.23. The summed E-state index contributed by atoms with van der Waals surface area (Å²) in [4.78, 5) is 25.3. The molecule has 0 aliphatic carbocycles. The highest BCUT2D eigenvalue weighted by Gasteiger charge is 2.26. The molecule has 0 saturated carbocycles. The van der Waals surface area contributed by atoms with Crippen molar-refractivity contribution in [3.8, 4) is 5.75 Å². The summed E-state index contributed by atoms with van der Waals surface area (Å²) in [5.41, 5.74) is 1.89. The van der Waals surface area contributed by atoms with Gasteiger partial charge < -0.3 is 14.7 Å². The van der Waals surface area contributed by atoms with Crippen molar-refractivity contribution in [1.82, 2.24) is 4.90 Å². The lowest BCUT2D eigenvalue weighted by Crippen LogP contribution is -2.36. The third-order valence-corrected chi connectivity index (χ3v) is 4.68. The van der Waals surface area contributed by atoms with E-state index in [-0.39, 0.29) is 22.7 Å². The lowest BCUT2D eigenvalue weighted by molar-refractivity contribution is -0.0499. The summed E-state index contributed by atoms with van der Waals surface area (Å²) in [6, 6.07) is 6.16. The van der Waals surface area contributed by atoms with Crippen LogP contribution in [0.25, 0.3) is 0 Å². The van der Waals surface area contributed by atoms with E-state index in [0.29, 0.717) is 13.0 Å². The van der Waals surface area contributed by atoms with Crippen LogP contribution in [-0.2, 0) is 13.0 Å². The minimum absolute atomic E-state index is 0.119. The number of amides is 1. The normalized spacial score (nSPS) is 13.7. The van der Waals surface area contributed by atoms with Gasteiger partial charge in [0.15, 0.2) is 0 Å². The molecule has 126 valence electrons.